The first-order valence-electron chi connectivity index (χ1n) is 7.12. The summed E-state index contributed by atoms with van der Waals surface area (Å²) in [6, 6.07) is 8.19. The summed E-state index contributed by atoms with van der Waals surface area (Å²) in [4.78, 5) is 9.19. The monoisotopic (exact) mass is 270 g/mol. The van der Waals surface area contributed by atoms with Crippen molar-refractivity contribution in [2.24, 2.45) is 5.73 Å². The van der Waals surface area contributed by atoms with E-state index >= 15 is 0 Å². The number of hydrogen-bond acceptors (Lipinski definition) is 4. The molecule has 0 fully saturated rings. The van der Waals surface area contributed by atoms with Gasteiger partial charge in [0.1, 0.15) is 0 Å². The minimum absolute atomic E-state index is 0.691. The zero-order valence-corrected chi connectivity index (χ0v) is 12.2. The van der Waals surface area contributed by atoms with Gasteiger partial charge in [0.25, 0.3) is 0 Å². The largest absolute Gasteiger partial charge is 0.382 e. The van der Waals surface area contributed by atoms with Crippen LogP contribution >= 0.6 is 0 Å². The Morgan fingerprint density at radius 3 is 2.75 bits per heavy atom. The van der Waals surface area contributed by atoms with E-state index in [0.717, 1.165) is 42.2 Å². The van der Waals surface area contributed by atoms with Gasteiger partial charge >= 0.3 is 0 Å². The standard InChI is InChI=1S/C16H22N4/c1-3-14-15(18-10-6-9-17)11-19-16(20-14)13-8-5-4-7-12(13)2/h4-5,7-8,11,18H,3,6,9-10,17H2,1-2H3. The average Bonchev–Trinajstić information content (AvgIpc) is 2.48. The van der Waals surface area contributed by atoms with Crippen molar-refractivity contribution in [2.75, 3.05) is 18.4 Å². The Balaban J connectivity index is 2.27. The van der Waals surface area contributed by atoms with Crippen LogP contribution in [0.4, 0.5) is 5.69 Å². The SMILES string of the molecule is CCc1nc(-c2ccccc2C)ncc1NCCCN. The van der Waals surface area contributed by atoms with E-state index in [1.807, 2.05) is 18.3 Å². The smallest absolute Gasteiger partial charge is 0.159 e. The number of benzene rings is 1. The van der Waals surface area contributed by atoms with E-state index in [9.17, 15) is 0 Å². The molecule has 0 aliphatic heterocycles. The number of aromatic nitrogens is 2. The summed E-state index contributed by atoms with van der Waals surface area (Å²) in [5.41, 5.74) is 9.86. The van der Waals surface area contributed by atoms with Crippen LogP contribution in [-0.4, -0.2) is 23.1 Å². The van der Waals surface area contributed by atoms with Crippen molar-refractivity contribution in [2.45, 2.75) is 26.7 Å². The van der Waals surface area contributed by atoms with E-state index in [1.54, 1.807) is 0 Å². The molecule has 0 bridgehead atoms. The minimum atomic E-state index is 0.691. The van der Waals surface area contributed by atoms with Crippen molar-refractivity contribution in [3.63, 3.8) is 0 Å². The summed E-state index contributed by atoms with van der Waals surface area (Å²) in [6.45, 7) is 5.74. The quantitative estimate of drug-likeness (QED) is 0.792. The molecule has 2 aromatic rings. The Kier molecular flexibility index (Phi) is 5.07. The molecule has 1 heterocycles. The van der Waals surface area contributed by atoms with Gasteiger partial charge in [-0.05, 0) is 31.9 Å². The summed E-state index contributed by atoms with van der Waals surface area (Å²) < 4.78 is 0. The number of nitrogens with zero attached hydrogens (tertiary/aromatic N) is 2. The lowest BCUT2D eigenvalue weighted by atomic mass is 10.1. The van der Waals surface area contributed by atoms with Crippen LogP contribution in [0.2, 0.25) is 0 Å². The van der Waals surface area contributed by atoms with E-state index in [4.69, 9.17) is 10.7 Å². The molecule has 2 rings (SSSR count). The minimum Gasteiger partial charge on any atom is -0.382 e. The molecule has 0 atom stereocenters. The molecular weight excluding hydrogens is 248 g/mol. The van der Waals surface area contributed by atoms with Crippen LogP contribution in [0, 0.1) is 6.92 Å². The molecule has 0 amide bonds. The second-order valence-electron chi connectivity index (χ2n) is 4.79. The first-order valence-corrected chi connectivity index (χ1v) is 7.12. The lowest BCUT2D eigenvalue weighted by Crippen LogP contribution is -2.11. The maximum absolute atomic E-state index is 5.51. The summed E-state index contributed by atoms with van der Waals surface area (Å²) >= 11 is 0. The third kappa shape index (κ3) is 3.33. The molecule has 0 saturated carbocycles. The Bertz CT molecular complexity index is 566. The third-order valence-electron chi connectivity index (χ3n) is 3.28. The highest BCUT2D eigenvalue weighted by Crippen LogP contribution is 2.22. The van der Waals surface area contributed by atoms with Crippen molar-refractivity contribution in [1.29, 1.82) is 0 Å². The summed E-state index contributed by atoms with van der Waals surface area (Å²) in [7, 11) is 0. The fraction of sp³-hybridized carbons (Fsp3) is 0.375. The van der Waals surface area contributed by atoms with Crippen molar-refractivity contribution >= 4 is 5.69 Å². The van der Waals surface area contributed by atoms with Crippen LogP contribution in [0.5, 0.6) is 0 Å². The molecule has 0 aliphatic rings. The molecule has 1 aromatic heterocycles. The van der Waals surface area contributed by atoms with E-state index in [-0.39, 0.29) is 0 Å². The molecule has 106 valence electrons. The molecule has 3 N–H and O–H groups in total. The van der Waals surface area contributed by atoms with Gasteiger partial charge in [0, 0.05) is 12.1 Å². The van der Waals surface area contributed by atoms with Gasteiger partial charge in [-0.2, -0.15) is 0 Å². The Morgan fingerprint density at radius 2 is 2.05 bits per heavy atom. The molecular formula is C16H22N4. The van der Waals surface area contributed by atoms with Crippen molar-refractivity contribution in [1.82, 2.24) is 9.97 Å². The van der Waals surface area contributed by atoms with E-state index in [0.29, 0.717) is 6.54 Å². The summed E-state index contributed by atoms with van der Waals surface area (Å²) in [6.07, 6.45) is 3.71. The molecule has 1 aromatic carbocycles. The number of nitrogens with two attached hydrogens (primary N) is 1. The fourth-order valence-electron chi connectivity index (χ4n) is 2.11. The molecule has 4 heteroatoms. The predicted molar refractivity (Wildman–Crippen MR) is 83.7 cm³/mol. The molecule has 4 nitrogen and oxygen atoms in total. The molecule has 0 aliphatic carbocycles. The molecule has 0 radical (unpaired) electrons. The maximum Gasteiger partial charge on any atom is 0.159 e. The second-order valence-corrected chi connectivity index (χ2v) is 4.79. The number of rotatable bonds is 6. The lowest BCUT2D eigenvalue weighted by Gasteiger charge is -2.11. The highest BCUT2D eigenvalue weighted by atomic mass is 15.0. The Hall–Kier alpha value is -1.94. The van der Waals surface area contributed by atoms with Crippen LogP contribution < -0.4 is 11.1 Å². The number of nitrogens with one attached hydrogen (secondary N) is 1. The first-order chi connectivity index (χ1) is 9.76. The number of anilines is 1. The summed E-state index contributed by atoms with van der Waals surface area (Å²) in [5, 5.41) is 3.35. The second kappa shape index (κ2) is 7.01. The van der Waals surface area contributed by atoms with Gasteiger partial charge in [-0.3, -0.25) is 0 Å². The van der Waals surface area contributed by atoms with Crippen molar-refractivity contribution in [3.05, 3.63) is 41.7 Å². The van der Waals surface area contributed by atoms with Crippen LogP contribution in [0.3, 0.4) is 0 Å². The molecule has 0 unspecified atom stereocenters. The van der Waals surface area contributed by atoms with E-state index in [2.05, 4.69) is 36.3 Å². The molecule has 0 saturated heterocycles. The van der Waals surface area contributed by atoms with Gasteiger partial charge in [0.05, 0.1) is 17.6 Å². The van der Waals surface area contributed by atoms with Crippen molar-refractivity contribution in [3.8, 4) is 11.4 Å². The molecule has 20 heavy (non-hydrogen) atoms. The third-order valence-corrected chi connectivity index (χ3v) is 3.28. The van der Waals surface area contributed by atoms with Crippen molar-refractivity contribution < 1.29 is 0 Å². The first kappa shape index (κ1) is 14.5. The topological polar surface area (TPSA) is 63.8 Å². The van der Waals surface area contributed by atoms with Gasteiger partial charge in [-0.1, -0.05) is 31.2 Å². The number of aryl methyl sites for hydroxylation is 2. The average molecular weight is 270 g/mol. The number of hydrogen-bond donors (Lipinski definition) is 2. The van der Waals surface area contributed by atoms with Gasteiger partial charge in [0.2, 0.25) is 0 Å². The highest BCUT2D eigenvalue weighted by molar-refractivity contribution is 5.61. The predicted octanol–water partition coefficient (Wildman–Crippen LogP) is 2.78. The normalized spacial score (nSPS) is 10.6. The molecule has 0 spiro atoms. The summed E-state index contributed by atoms with van der Waals surface area (Å²) in [5.74, 6) is 0.796. The lowest BCUT2D eigenvalue weighted by molar-refractivity contribution is 0.867. The fourth-order valence-corrected chi connectivity index (χ4v) is 2.11. The zero-order valence-electron chi connectivity index (χ0n) is 12.2. The Labute approximate surface area is 120 Å². The van der Waals surface area contributed by atoms with Gasteiger partial charge in [-0.25, -0.2) is 9.97 Å². The van der Waals surface area contributed by atoms with E-state index in [1.165, 1.54) is 5.56 Å². The van der Waals surface area contributed by atoms with Crippen LogP contribution in [0.25, 0.3) is 11.4 Å². The highest BCUT2D eigenvalue weighted by Gasteiger charge is 2.08. The van der Waals surface area contributed by atoms with Gasteiger partial charge in [0.15, 0.2) is 5.82 Å². The van der Waals surface area contributed by atoms with Crippen LogP contribution in [-0.2, 0) is 6.42 Å². The van der Waals surface area contributed by atoms with Gasteiger partial charge < -0.3 is 11.1 Å². The Morgan fingerprint density at radius 1 is 1.25 bits per heavy atom. The van der Waals surface area contributed by atoms with E-state index < -0.39 is 0 Å². The van der Waals surface area contributed by atoms with Crippen LogP contribution in [0.15, 0.2) is 30.5 Å². The maximum atomic E-state index is 5.51. The zero-order chi connectivity index (χ0) is 14.4. The van der Waals surface area contributed by atoms with Gasteiger partial charge in [-0.15, -0.1) is 0 Å². The van der Waals surface area contributed by atoms with Crippen LogP contribution in [0.1, 0.15) is 24.6 Å².